The van der Waals surface area contributed by atoms with E-state index in [9.17, 15) is 22.4 Å². The molecule has 2 heterocycles. The molecule has 1 atom stereocenters. The summed E-state index contributed by atoms with van der Waals surface area (Å²) in [6.07, 6.45) is 1.56. The van der Waals surface area contributed by atoms with Crippen molar-refractivity contribution in [3.05, 3.63) is 70.3 Å². The maximum Gasteiger partial charge on any atom is 0.406 e. The molecule has 2 aliphatic rings. The zero-order valence-corrected chi connectivity index (χ0v) is 17.7. The van der Waals surface area contributed by atoms with Crippen LogP contribution in [0, 0.1) is 0 Å². The fraction of sp³-hybridized carbons (Fsp3) is 0.286. The third-order valence-electron chi connectivity index (χ3n) is 5.12. The second-order valence-corrected chi connectivity index (χ2v) is 8.15. The van der Waals surface area contributed by atoms with Crippen molar-refractivity contribution < 1.29 is 22.4 Å². The number of hydrogen-bond donors (Lipinski definition) is 0. The van der Waals surface area contributed by atoms with Gasteiger partial charge in [0.1, 0.15) is 24.1 Å². The predicted octanol–water partition coefficient (Wildman–Crippen LogP) is 5.50. The number of aromatic nitrogens is 3. The molecule has 1 amide bonds. The van der Waals surface area contributed by atoms with Crippen molar-refractivity contribution >= 4 is 21.8 Å². The molecule has 1 aromatic heterocycles. The molecular formula is C21H17BrF4N4O. The monoisotopic (exact) mass is 496 g/mol. The van der Waals surface area contributed by atoms with Crippen LogP contribution in [0.4, 0.5) is 17.6 Å². The molecular weight excluding hydrogens is 480 g/mol. The summed E-state index contributed by atoms with van der Waals surface area (Å²) in [6, 6.07) is 6.21. The van der Waals surface area contributed by atoms with Crippen LogP contribution in [0.1, 0.15) is 25.3 Å². The Morgan fingerprint density at radius 1 is 1.19 bits per heavy atom. The van der Waals surface area contributed by atoms with Gasteiger partial charge in [-0.25, -0.2) is 9.07 Å². The lowest BCUT2D eigenvalue weighted by Crippen LogP contribution is -2.41. The fourth-order valence-electron chi connectivity index (χ4n) is 3.67. The first kappa shape index (κ1) is 21.5. The highest BCUT2D eigenvalue weighted by Gasteiger charge is 2.40. The van der Waals surface area contributed by atoms with E-state index in [2.05, 4.69) is 26.2 Å². The Hall–Kier alpha value is -2.75. The Morgan fingerprint density at radius 3 is 2.65 bits per heavy atom. The second-order valence-electron chi connectivity index (χ2n) is 7.24. The Kier molecular flexibility index (Phi) is 5.83. The Bertz CT molecular complexity index is 1090. The Balaban J connectivity index is 1.70. The van der Waals surface area contributed by atoms with E-state index in [1.54, 1.807) is 18.2 Å². The maximum absolute atomic E-state index is 14.6. The molecule has 0 saturated heterocycles. The number of rotatable bonds is 3. The van der Waals surface area contributed by atoms with Crippen LogP contribution < -0.4 is 0 Å². The molecule has 0 saturated carbocycles. The SMILES string of the molecule is O=C1C(n2cc(-c3ccc(Br)cc3)nn2)CCC2=C(C=CCC=C2F)N1CC(F)(F)F. The third-order valence-corrected chi connectivity index (χ3v) is 5.65. The molecule has 2 aromatic rings. The van der Waals surface area contributed by atoms with Gasteiger partial charge in [0.05, 0.1) is 6.20 Å². The molecule has 1 aromatic carbocycles. The van der Waals surface area contributed by atoms with Crippen LogP contribution in [-0.4, -0.2) is 38.5 Å². The van der Waals surface area contributed by atoms with Crippen LogP contribution in [0.2, 0.25) is 0 Å². The van der Waals surface area contributed by atoms with Crippen molar-refractivity contribution in [2.24, 2.45) is 0 Å². The Morgan fingerprint density at radius 2 is 1.94 bits per heavy atom. The van der Waals surface area contributed by atoms with Crippen molar-refractivity contribution in [3.8, 4) is 11.3 Å². The second kappa shape index (κ2) is 8.41. The number of carbonyl (C=O) groups is 1. The van der Waals surface area contributed by atoms with E-state index in [0.717, 1.165) is 10.0 Å². The van der Waals surface area contributed by atoms with Gasteiger partial charge in [-0.15, -0.1) is 5.10 Å². The molecule has 10 heteroatoms. The summed E-state index contributed by atoms with van der Waals surface area (Å²) in [5.41, 5.74) is 1.27. The van der Waals surface area contributed by atoms with E-state index < -0.39 is 30.5 Å². The van der Waals surface area contributed by atoms with Crippen molar-refractivity contribution in [2.45, 2.75) is 31.5 Å². The van der Waals surface area contributed by atoms with E-state index in [0.29, 0.717) is 10.6 Å². The number of carbonyl (C=O) groups excluding carboxylic acids is 1. The smallest absolute Gasteiger partial charge is 0.301 e. The normalized spacial score (nSPS) is 19.8. The third kappa shape index (κ3) is 4.63. The largest absolute Gasteiger partial charge is 0.406 e. The van der Waals surface area contributed by atoms with Gasteiger partial charge in [0.2, 0.25) is 0 Å². The van der Waals surface area contributed by atoms with Crippen LogP contribution in [-0.2, 0) is 4.79 Å². The van der Waals surface area contributed by atoms with E-state index in [4.69, 9.17) is 0 Å². The predicted molar refractivity (Wildman–Crippen MR) is 109 cm³/mol. The number of benzene rings is 1. The molecule has 0 radical (unpaired) electrons. The van der Waals surface area contributed by atoms with Crippen molar-refractivity contribution in [3.63, 3.8) is 0 Å². The van der Waals surface area contributed by atoms with Gasteiger partial charge in [-0.3, -0.25) is 4.79 Å². The summed E-state index contributed by atoms with van der Waals surface area (Å²) < 4.78 is 56.6. The molecule has 0 spiro atoms. The zero-order valence-electron chi connectivity index (χ0n) is 16.1. The lowest BCUT2D eigenvalue weighted by Gasteiger charge is -2.27. The number of halogens is 5. The van der Waals surface area contributed by atoms with Gasteiger partial charge in [-0.05, 0) is 43.5 Å². The minimum Gasteiger partial charge on any atom is -0.301 e. The highest BCUT2D eigenvalue weighted by atomic mass is 79.9. The van der Waals surface area contributed by atoms with Crippen LogP contribution in [0.15, 0.2) is 70.3 Å². The Labute approximate surface area is 183 Å². The summed E-state index contributed by atoms with van der Waals surface area (Å²) in [5.74, 6) is -1.40. The van der Waals surface area contributed by atoms with Gasteiger partial charge in [-0.1, -0.05) is 39.4 Å². The topological polar surface area (TPSA) is 51.0 Å². The van der Waals surface area contributed by atoms with Crippen LogP contribution in [0.25, 0.3) is 11.3 Å². The first-order valence-electron chi connectivity index (χ1n) is 9.54. The standard InChI is InChI=1S/C21H17BrF4N4O/c22-14-7-5-13(6-8-14)17-11-30(28-27-17)19-10-9-15-16(23)3-1-2-4-18(15)29(20(19)31)12-21(24,25)26/h2-8,11,19H,1,9-10,12H2. The summed E-state index contributed by atoms with van der Waals surface area (Å²) in [7, 11) is 0. The van der Waals surface area contributed by atoms with Gasteiger partial charge in [-0.2, -0.15) is 13.2 Å². The van der Waals surface area contributed by atoms with Gasteiger partial charge in [0, 0.05) is 21.3 Å². The molecule has 1 aliphatic carbocycles. The fourth-order valence-corrected chi connectivity index (χ4v) is 3.93. The summed E-state index contributed by atoms with van der Waals surface area (Å²) >= 11 is 3.34. The van der Waals surface area contributed by atoms with E-state index >= 15 is 0 Å². The van der Waals surface area contributed by atoms with E-state index in [-0.39, 0.29) is 30.5 Å². The van der Waals surface area contributed by atoms with Crippen LogP contribution >= 0.6 is 15.9 Å². The lowest BCUT2D eigenvalue weighted by atomic mass is 10.0. The zero-order chi connectivity index (χ0) is 22.2. The van der Waals surface area contributed by atoms with E-state index in [1.165, 1.54) is 23.0 Å². The molecule has 0 fully saturated rings. The maximum atomic E-state index is 14.6. The average molecular weight is 497 g/mol. The van der Waals surface area contributed by atoms with Gasteiger partial charge in [0.25, 0.3) is 5.91 Å². The summed E-state index contributed by atoms with van der Waals surface area (Å²) in [4.78, 5) is 13.8. The van der Waals surface area contributed by atoms with Crippen molar-refractivity contribution in [1.29, 1.82) is 0 Å². The molecule has 0 N–H and O–H groups in total. The minimum atomic E-state index is -4.64. The number of amides is 1. The highest BCUT2D eigenvalue weighted by molar-refractivity contribution is 9.10. The van der Waals surface area contributed by atoms with Crippen LogP contribution in [0.5, 0.6) is 0 Å². The molecule has 162 valence electrons. The lowest BCUT2D eigenvalue weighted by molar-refractivity contribution is -0.158. The van der Waals surface area contributed by atoms with Gasteiger partial charge >= 0.3 is 6.18 Å². The quantitative estimate of drug-likeness (QED) is 0.527. The molecule has 5 nitrogen and oxygen atoms in total. The molecule has 0 bridgehead atoms. The number of nitrogens with zero attached hydrogens (tertiary/aromatic N) is 4. The molecule has 31 heavy (non-hydrogen) atoms. The van der Waals surface area contributed by atoms with Crippen molar-refractivity contribution in [1.82, 2.24) is 19.9 Å². The molecule has 1 aliphatic heterocycles. The number of allylic oxidation sites excluding steroid dienone is 5. The summed E-state index contributed by atoms with van der Waals surface area (Å²) in [5, 5.41) is 8.07. The summed E-state index contributed by atoms with van der Waals surface area (Å²) in [6.45, 7) is -1.51. The molecule has 4 rings (SSSR count). The average Bonchev–Trinajstić information content (AvgIpc) is 3.06. The van der Waals surface area contributed by atoms with Crippen LogP contribution in [0.3, 0.4) is 0 Å². The minimum absolute atomic E-state index is 0.0516. The van der Waals surface area contributed by atoms with Gasteiger partial charge in [0.15, 0.2) is 0 Å². The molecule has 1 unspecified atom stereocenters. The first-order valence-corrected chi connectivity index (χ1v) is 10.3. The van der Waals surface area contributed by atoms with Gasteiger partial charge < -0.3 is 4.90 Å². The van der Waals surface area contributed by atoms with Crippen molar-refractivity contribution in [2.75, 3.05) is 6.54 Å². The number of alkyl halides is 3. The number of hydrogen-bond acceptors (Lipinski definition) is 3. The highest BCUT2D eigenvalue weighted by Crippen LogP contribution is 2.37. The first-order chi connectivity index (χ1) is 14.7. The van der Waals surface area contributed by atoms with E-state index in [1.807, 2.05) is 12.1 Å².